The monoisotopic (exact) mass is 304 g/mol. The van der Waals surface area contributed by atoms with Gasteiger partial charge in [0.15, 0.2) is 0 Å². The van der Waals surface area contributed by atoms with Crippen LogP contribution in [0.1, 0.15) is 24.7 Å². The lowest BCUT2D eigenvalue weighted by molar-refractivity contribution is 0.263. The molecule has 3 rings (SSSR count). The lowest BCUT2D eigenvalue weighted by Crippen LogP contribution is -2.26. The standard InChI is InChI=1S/C17H24N2OS/c1-2-18-12-15-14-6-3-4-7-16(14)20-17(15)13-19-8-5-10-21-11-9-19/h3-4,6-7,18H,2,5,8-13H2,1H3. The molecule has 0 amide bonds. The Bertz CT molecular complexity index is 573. The molecule has 1 N–H and O–H groups in total. The van der Waals surface area contributed by atoms with Gasteiger partial charge >= 0.3 is 0 Å². The normalized spacial score (nSPS) is 17.2. The minimum atomic E-state index is 0.894. The predicted molar refractivity (Wildman–Crippen MR) is 90.8 cm³/mol. The van der Waals surface area contributed by atoms with Crippen molar-refractivity contribution in [3.05, 3.63) is 35.6 Å². The molecule has 0 saturated carbocycles. The zero-order valence-electron chi connectivity index (χ0n) is 12.7. The summed E-state index contributed by atoms with van der Waals surface area (Å²) < 4.78 is 6.15. The van der Waals surface area contributed by atoms with Gasteiger partial charge in [0.05, 0.1) is 6.54 Å². The van der Waals surface area contributed by atoms with Crippen molar-refractivity contribution in [2.24, 2.45) is 0 Å². The summed E-state index contributed by atoms with van der Waals surface area (Å²) in [5.74, 6) is 3.67. The number of thioether (sulfide) groups is 1. The summed E-state index contributed by atoms with van der Waals surface area (Å²) in [5, 5.41) is 4.71. The highest BCUT2D eigenvalue weighted by Gasteiger charge is 2.17. The van der Waals surface area contributed by atoms with E-state index in [1.54, 1.807) is 0 Å². The Morgan fingerprint density at radius 1 is 1.24 bits per heavy atom. The molecule has 114 valence electrons. The number of para-hydroxylation sites is 1. The largest absolute Gasteiger partial charge is 0.459 e. The van der Waals surface area contributed by atoms with E-state index >= 15 is 0 Å². The number of hydrogen-bond acceptors (Lipinski definition) is 4. The second kappa shape index (κ2) is 7.34. The molecule has 0 spiro atoms. The SMILES string of the molecule is CCNCc1c(CN2CCCSCC2)oc2ccccc12. The number of hydrogen-bond donors (Lipinski definition) is 1. The van der Waals surface area contributed by atoms with E-state index in [0.717, 1.165) is 31.0 Å². The summed E-state index contributed by atoms with van der Waals surface area (Å²) in [7, 11) is 0. The van der Waals surface area contributed by atoms with Crippen molar-refractivity contribution in [2.45, 2.75) is 26.4 Å². The minimum Gasteiger partial charge on any atom is -0.459 e. The van der Waals surface area contributed by atoms with E-state index in [0.29, 0.717) is 0 Å². The van der Waals surface area contributed by atoms with Crippen LogP contribution in [0.3, 0.4) is 0 Å². The molecule has 4 heteroatoms. The van der Waals surface area contributed by atoms with Crippen LogP contribution in [0, 0.1) is 0 Å². The van der Waals surface area contributed by atoms with Crippen LogP contribution in [-0.2, 0) is 13.1 Å². The zero-order chi connectivity index (χ0) is 14.5. The predicted octanol–water partition coefficient (Wildman–Crippen LogP) is 3.48. The van der Waals surface area contributed by atoms with E-state index in [1.165, 1.54) is 42.0 Å². The Hall–Kier alpha value is -0.970. The molecule has 21 heavy (non-hydrogen) atoms. The second-order valence-electron chi connectivity index (χ2n) is 5.52. The van der Waals surface area contributed by atoms with Crippen molar-refractivity contribution in [3.8, 4) is 0 Å². The summed E-state index contributed by atoms with van der Waals surface area (Å²) in [5.41, 5.74) is 2.36. The maximum absolute atomic E-state index is 6.15. The van der Waals surface area contributed by atoms with E-state index in [9.17, 15) is 0 Å². The quantitative estimate of drug-likeness (QED) is 0.915. The van der Waals surface area contributed by atoms with Gasteiger partial charge in [0.25, 0.3) is 0 Å². The summed E-state index contributed by atoms with van der Waals surface area (Å²) in [6.45, 7) is 7.32. The second-order valence-corrected chi connectivity index (χ2v) is 6.75. The molecule has 1 aromatic heterocycles. The molecule has 2 heterocycles. The highest BCUT2D eigenvalue weighted by Crippen LogP contribution is 2.27. The Morgan fingerprint density at radius 3 is 3.05 bits per heavy atom. The number of nitrogens with one attached hydrogen (secondary N) is 1. The fraction of sp³-hybridized carbons (Fsp3) is 0.529. The van der Waals surface area contributed by atoms with Gasteiger partial charge in [-0.05, 0) is 31.3 Å². The fourth-order valence-electron chi connectivity index (χ4n) is 2.88. The summed E-state index contributed by atoms with van der Waals surface area (Å²) in [6, 6.07) is 8.40. The highest BCUT2D eigenvalue weighted by atomic mass is 32.2. The van der Waals surface area contributed by atoms with Gasteiger partial charge in [0, 0.05) is 29.8 Å². The topological polar surface area (TPSA) is 28.4 Å². The van der Waals surface area contributed by atoms with Crippen molar-refractivity contribution in [1.82, 2.24) is 10.2 Å². The third-order valence-electron chi connectivity index (χ3n) is 4.02. The summed E-state index contributed by atoms with van der Waals surface area (Å²) in [4.78, 5) is 2.53. The molecule has 1 aliphatic heterocycles. The molecule has 0 atom stereocenters. The van der Waals surface area contributed by atoms with Crippen LogP contribution in [0.25, 0.3) is 11.0 Å². The zero-order valence-corrected chi connectivity index (χ0v) is 13.5. The smallest absolute Gasteiger partial charge is 0.134 e. The van der Waals surface area contributed by atoms with Gasteiger partial charge in [-0.25, -0.2) is 0 Å². The van der Waals surface area contributed by atoms with Gasteiger partial charge in [-0.3, -0.25) is 4.90 Å². The van der Waals surface area contributed by atoms with E-state index in [4.69, 9.17) is 4.42 Å². The third kappa shape index (κ3) is 3.62. The van der Waals surface area contributed by atoms with E-state index in [2.05, 4.69) is 53.2 Å². The molecular formula is C17H24N2OS. The van der Waals surface area contributed by atoms with Crippen LogP contribution in [0.5, 0.6) is 0 Å². The summed E-state index contributed by atoms with van der Waals surface area (Å²) in [6.07, 6.45) is 1.29. The third-order valence-corrected chi connectivity index (χ3v) is 5.06. The first-order valence-electron chi connectivity index (χ1n) is 7.88. The van der Waals surface area contributed by atoms with E-state index in [1.807, 2.05) is 0 Å². The molecule has 1 aromatic carbocycles. The van der Waals surface area contributed by atoms with Crippen LogP contribution in [-0.4, -0.2) is 36.0 Å². The Kier molecular flexibility index (Phi) is 5.22. The molecule has 1 saturated heterocycles. The van der Waals surface area contributed by atoms with Crippen molar-refractivity contribution in [2.75, 3.05) is 31.1 Å². The molecule has 3 nitrogen and oxygen atoms in total. The first kappa shape index (κ1) is 14.9. The maximum Gasteiger partial charge on any atom is 0.134 e. The molecule has 0 radical (unpaired) electrons. The average Bonchev–Trinajstić information content (AvgIpc) is 2.67. The molecule has 0 bridgehead atoms. The van der Waals surface area contributed by atoms with Crippen LogP contribution >= 0.6 is 11.8 Å². The van der Waals surface area contributed by atoms with Crippen molar-refractivity contribution in [1.29, 1.82) is 0 Å². The number of fused-ring (bicyclic) bond motifs is 1. The van der Waals surface area contributed by atoms with Gasteiger partial charge in [0.1, 0.15) is 11.3 Å². The molecule has 2 aromatic rings. The van der Waals surface area contributed by atoms with Crippen LogP contribution in [0.15, 0.2) is 28.7 Å². The van der Waals surface area contributed by atoms with Crippen LogP contribution in [0.2, 0.25) is 0 Å². The Labute approximate surface area is 131 Å². The Morgan fingerprint density at radius 2 is 2.14 bits per heavy atom. The number of rotatable bonds is 5. The van der Waals surface area contributed by atoms with Gasteiger partial charge < -0.3 is 9.73 Å². The van der Waals surface area contributed by atoms with Gasteiger partial charge in [-0.15, -0.1) is 0 Å². The molecule has 1 fully saturated rings. The van der Waals surface area contributed by atoms with Crippen molar-refractivity contribution < 1.29 is 4.42 Å². The minimum absolute atomic E-state index is 0.894. The van der Waals surface area contributed by atoms with Gasteiger partial charge in [0.2, 0.25) is 0 Å². The number of nitrogens with zero attached hydrogens (tertiary/aromatic N) is 1. The maximum atomic E-state index is 6.15. The van der Waals surface area contributed by atoms with E-state index in [-0.39, 0.29) is 0 Å². The Balaban J connectivity index is 1.85. The average molecular weight is 304 g/mol. The number of furan rings is 1. The lowest BCUT2D eigenvalue weighted by Gasteiger charge is -2.18. The van der Waals surface area contributed by atoms with E-state index < -0.39 is 0 Å². The molecule has 0 aliphatic carbocycles. The first-order valence-corrected chi connectivity index (χ1v) is 9.04. The fourth-order valence-corrected chi connectivity index (χ4v) is 3.80. The lowest BCUT2D eigenvalue weighted by atomic mass is 10.1. The van der Waals surface area contributed by atoms with Crippen molar-refractivity contribution >= 4 is 22.7 Å². The first-order chi connectivity index (χ1) is 10.4. The van der Waals surface area contributed by atoms with Gasteiger partial charge in [-0.1, -0.05) is 25.1 Å². The van der Waals surface area contributed by atoms with Crippen LogP contribution < -0.4 is 5.32 Å². The molecule has 1 aliphatic rings. The number of benzene rings is 1. The van der Waals surface area contributed by atoms with Crippen molar-refractivity contribution in [3.63, 3.8) is 0 Å². The molecule has 0 unspecified atom stereocenters. The van der Waals surface area contributed by atoms with Crippen LogP contribution in [0.4, 0.5) is 0 Å². The highest BCUT2D eigenvalue weighted by molar-refractivity contribution is 7.99. The van der Waals surface area contributed by atoms with Gasteiger partial charge in [-0.2, -0.15) is 11.8 Å². The molecular weight excluding hydrogens is 280 g/mol. The summed E-state index contributed by atoms with van der Waals surface area (Å²) >= 11 is 2.07.